The number of pyridine rings is 1. The Morgan fingerprint density at radius 2 is 2.30 bits per heavy atom. The number of hydrogen-bond donors (Lipinski definition) is 0. The van der Waals surface area contributed by atoms with Crippen LogP contribution < -0.4 is 0 Å². The molecule has 0 saturated heterocycles. The zero-order valence-corrected chi connectivity index (χ0v) is 7.89. The average molecular weight is 313 g/mol. The normalized spacial score (nSPS) is 8.10. The average Bonchev–Trinajstić information content (AvgIpc) is 1.90. The molecule has 1 rings (SSSR count). The van der Waals surface area contributed by atoms with Crippen molar-refractivity contribution in [3.05, 3.63) is 30.1 Å². The molecule has 1 heterocycles. The molecule has 2 nitrogen and oxygen atoms in total. The first-order valence-electron chi connectivity index (χ1n) is 2.71. The Bertz CT molecular complexity index is 210. The van der Waals surface area contributed by atoms with Crippen LogP contribution in [0, 0.1) is 0 Å². The van der Waals surface area contributed by atoms with E-state index in [4.69, 9.17) is 0 Å². The summed E-state index contributed by atoms with van der Waals surface area (Å²) in [5.41, 5.74) is 0.664. The van der Waals surface area contributed by atoms with E-state index in [0.29, 0.717) is 5.56 Å². The second-order valence-electron chi connectivity index (χ2n) is 1.80. The van der Waals surface area contributed by atoms with Crippen molar-refractivity contribution in [2.75, 3.05) is 0 Å². The number of nitrogens with zero attached hydrogens (tertiary/aromatic N) is 1. The van der Waals surface area contributed by atoms with Gasteiger partial charge in [0.25, 0.3) is 0 Å². The minimum atomic E-state index is 0. The molecule has 0 N–H and O–H groups in total. The first-order chi connectivity index (χ1) is 4.30. The summed E-state index contributed by atoms with van der Waals surface area (Å²) in [6, 6.07) is 3.49. The second-order valence-corrected chi connectivity index (χ2v) is 1.80. The zero-order chi connectivity index (χ0) is 6.69. The van der Waals surface area contributed by atoms with Gasteiger partial charge in [0.2, 0.25) is 0 Å². The molecule has 10 heavy (non-hydrogen) atoms. The van der Waals surface area contributed by atoms with E-state index in [1.54, 1.807) is 24.5 Å². The maximum atomic E-state index is 10.6. The summed E-state index contributed by atoms with van der Waals surface area (Å²) in [6.45, 7) is 1.52. The van der Waals surface area contributed by atoms with Gasteiger partial charge in [-0.2, -0.15) is 0 Å². The summed E-state index contributed by atoms with van der Waals surface area (Å²) in [7, 11) is 0. The van der Waals surface area contributed by atoms with Gasteiger partial charge in [-0.15, -0.1) is 0 Å². The number of Topliss-reactive ketones (excluding diaryl/α,β-unsaturated/α-hetero) is 1. The van der Waals surface area contributed by atoms with Crippen LogP contribution in [0.15, 0.2) is 24.5 Å². The summed E-state index contributed by atoms with van der Waals surface area (Å²) in [5.74, 6) is 0.0584. The molecule has 1 aromatic rings. The molecule has 0 unspecified atom stereocenters. The quantitative estimate of drug-likeness (QED) is 0.731. The SMILES string of the molecule is CC(=O)c1cccnc1.[Ir]. The summed E-state index contributed by atoms with van der Waals surface area (Å²) < 4.78 is 0. The smallest absolute Gasteiger partial charge is 0.161 e. The number of hydrogen-bond acceptors (Lipinski definition) is 2. The van der Waals surface area contributed by atoms with E-state index < -0.39 is 0 Å². The molecular formula is C7H7IrNO. The fourth-order valence-corrected chi connectivity index (χ4v) is 0.571. The first-order valence-corrected chi connectivity index (χ1v) is 2.71. The predicted molar refractivity (Wildman–Crippen MR) is 34.2 cm³/mol. The van der Waals surface area contributed by atoms with E-state index in [2.05, 4.69) is 4.98 Å². The minimum Gasteiger partial charge on any atom is -0.294 e. The van der Waals surface area contributed by atoms with Gasteiger partial charge in [0.15, 0.2) is 5.78 Å². The molecule has 0 aliphatic heterocycles. The maximum Gasteiger partial charge on any atom is 0.161 e. The Hall–Kier alpha value is -0.531. The molecule has 0 aliphatic rings. The van der Waals surface area contributed by atoms with Crippen molar-refractivity contribution in [1.82, 2.24) is 4.98 Å². The van der Waals surface area contributed by atoms with Gasteiger partial charge in [-0.25, -0.2) is 0 Å². The van der Waals surface area contributed by atoms with Crippen LogP contribution in [-0.2, 0) is 20.1 Å². The van der Waals surface area contributed by atoms with Crippen molar-refractivity contribution in [1.29, 1.82) is 0 Å². The van der Waals surface area contributed by atoms with Crippen LogP contribution in [0.1, 0.15) is 17.3 Å². The maximum absolute atomic E-state index is 10.6. The van der Waals surface area contributed by atoms with E-state index >= 15 is 0 Å². The monoisotopic (exact) mass is 314 g/mol. The molecule has 0 spiro atoms. The van der Waals surface area contributed by atoms with E-state index in [0.717, 1.165) is 0 Å². The second kappa shape index (κ2) is 4.31. The molecule has 1 radical (unpaired) electrons. The molecule has 0 bridgehead atoms. The predicted octanol–water partition coefficient (Wildman–Crippen LogP) is 1.28. The van der Waals surface area contributed by atoms with Gasteiger partial charge < -0.3 is 0 Å². The first kappa shape index (κ1) is 9.47. The van der Waals surface area contributed by atoms with Crippen molar-refractivity contribution < 1.29 is 24.9 Å². The molecule has 0 fully saturated rings. The molecular weight excluding hydrogens is 306 g/mol. The van der Waals surface area contributed by atoms with Crippen LogP contribution >= 0.6 is 0 Å². The standard InChI is InChI=1S/C7H7NO.Ir/c1-6(9)7-3-2-4-8-5-7;/h2-5H,1H3;. The van der Waals surface area contributed by atoms with Crippen LogP contribution in [0.5, 0.6) is 0 Å². The van der Waals surface area contributed by atoms with E-state index in [1.165, 1.54) is 6.92 Å². The van der Waals surface area contributed by atoms with E-state index in [1.807, 2.05) is 0 Å². The van der Waals surface area contributed by atoms with Crippen LogP contribution in [0.2, 0.25) is 0 Å². The Kier molecular flexibility index (Phi) is 4.08. The largest absolute Gasteiger partial charge is 0.294 e. The molecule has 55 valence electrons. The van der Waals surface area contributed by atoms with Crippen molar-refractivity contribution in [2.24, 2.45) is 0 Å². The number of aromatic nitrogens is 1. The van der Waals surface area contributed by atoms with Gasteiger partial charge in [0.05, 0.1) is 0 Å². The summed E-state index contributed by atoms with van der Waals surface area (Å²) in [4.78, 5) is 14.4. The Labute approximate surface area is 73.0 Å². The molecule has 0 atom stereocenters. The topological polar surface area (TPSA) is 30.0 Å². The van der Waals surface area contributed by atoms with Crippen molar-refractivity contribution >= 4 is 5.78 Å². The van der Waals surface area contributed by atoms with Crippen LogP contribution in [-0.4, -0.2) is 10.8 Å². The molecule has 1 aromatic heterocycles. The van der Waals surface area contributed by atoms with E-state index in [-0.39, 0.29) is 25.9 Å². The Balaban J connectivity index is 0.000000810. The van der Waals surface area contributed by atoms with Gasteiger partial charge in [0.1, 0.15) is 0 Å². The number of carbonyl (C=O) groups is 1. The molecule has 0 amide bonds. The molecule has 0 aromatic carbocycles. The zero-order valence-electron chi connectivity index (χ0n) is 5.50. The van der Waals surface area contributed by atoms with Crippen molar-refractivity contribution in [3.8, 4) is 0 Å². The number of rotatable bonds is 1. The third-order valence-corrected chi connectivity index (χ3v) is 1.07. The van der Waals surface area contributed by atoms with Gasteiger partial charge >= 0.3 is 0 Å². The van der Waals surface area contributed by atoms with Gasteiger partial charge in [0, 0.05) is 38.1 Å². The van der Waals surface area contributed by atoms with Crippen LogP contribution in [0.4, 0.5) is 0 Å². The summed E-state index contributed by atoms with van der Waals surface area (Å²) >= 11 is 0. The third kappa shape index (κ3) is 2.38. The Morgan fingerprint density at radius 1 is 1.60 bits per heavy atom. The number of carbonyl (C=O) groups excluding carboxylic acids is 1. The van der Waals surface area contributed by atoms with Crippen LogP contribution in [0.25, 0.3) is 0 Å². The molecule has 0 saturated carbocycles. The molecule has 0 aliphatic carbocycles. The van der Waals surface area contributed by atoms with Crippen molar-refractivity contribution in [2.45, 2.75) is 6.92 Å². The van der Waals surface area contributed by atoms with Gasteiger partial charge in [-0.3, -0.25) is 9.78 Å². The van der Waals surface area contributed by atoms with Gasteiger partial charge in [-0.1, -0.05) is 0 Å². The molecule has 3 heteroatoms. The van der Waals surface area contributed by atoms with Gasteiger partial charge in [-0.05, 0) is 19.1 Å². The summed E-state index contributed by atoms with van der Waals surface area (Å²) in [5, 5.41) is 0. The Morgan fingerprint density at radius 3 is 2.60 bits per heavy atom. The minimum absolute atomic E-state index is 0. The number of ketones is 1. The van der Waals surface area contributed by atoms with Crippen LogP contribution in [0.3, 0.4) is 0 Å². The fourth-order valence-electron chi connectivity index (χ4n) is 0.571. The third-order valence-electron chi connectivity index (χ3n) is 1.07. The fraction of sp³-hybridized carbons (Fsp3) is 0.143. The van der Waals surface area contributed by atoms with E-state index in [9.17, 15) is 4.79 Å². The summed E-state index contributed by atoms with van der Waals surface area (Å²) in [6.07, 6.45) is 3.20. The van der Waals surface area contributed by atoms with Crippen molar-refractivity contribution in [3.63, 3.8) is 0 Å².